The van der Waals surface area contributed by atoms with Gasteiger partial charge < -0.3 is 15.8 Å². The van der Waals surface area contributed by atoms with E-state index in [4.69, 9.17) is 10.5 Å². The van der Waals surface area contributed by atoms with Gasteiger partial charge in [-0.05, 0) is 44.4 Å². The first-order valence-corrected chi connectivity index (χ1v) is 7.59. The number of nitrogens with two attached hydrogens (primary N) is 1. The van der Waals surface area contributed by atoms with Crippen molar-refractivity contribution in [2.75, 3.05) is 19.9 Å². The summed E-state index contributed by atoms with van der Waals surface area (Å²) in [7, 11) is 3.78. The molecule has 0 aromatic carbocycles. The first-order valence-electron chi connectivity index (χ1n) is 7.59. The lowest BCUT2D eigenvalue weighted by atomic mass is 9.81. The number of nitrogens with one attached hydrogen (secondary N) is 1. The molecule has 1 aliphatic carbocycles. The maximum atomic E-state index is 6.08. The van der Waals surface area contributed by atoms with Gasteiger partial charge >= 0.3 is 0 Å². The van der Waals surface area contributed by atoms with Crippen molar-refractivity contribution < 1.29 is 4.74 Å². The molecule has 1 aromatic rings. The predicted octanol–water partition coefficient (Wildman–Crippen LogP) is 2.83. The minimum Gasteiger partial charge on any atom is -0.383 e. The maximum absolute atomic E-state index is 6.08. The fourth-order valence-corrected chi connectivity index (χ4v) is 3.41. The number of nitrogens with zero attached hydrogens (tertiary/aromatic N) is 1. The van der Waals surface area contributed by atoms with Crippen molar-refractivity contribution in [3.63, 3.8) is 0 Å². The largest absolute Gasteiger partial charge is 0.383 e. The summed E-state index contributed by atoms with van der Waals surface area (Å²) < 4.78 is 5.85. The summed E-state index contributed by atoms with van der Waals surface area (Å²) in [5, 5.41) is 3.39. The fourth-order valence-electron chi connectivity index (χ4n) is 3.41. The highest BCUT2D eigenvalue weighted by Gasteiger charge is 2.32. The van der Waals surface area contributed by atoms with Crippen LogP contribution in [0.25, 0.3) is 0 Å². The van der Waals surface area contributed by atoms with E-state index < -0.39 is 0 Å². The molecule has 20 heavy (non-hydrogen) atoms. The number of likely N-dealkylation sites (N-methyl/N-ethyl adjacent to an activating group) is 1. The molecule has 1 heterocycles. The number of hydrogen-bond donors (Lipinski definition) is 2. The Hall–Kier alpha value is -1.13. The molecular weight excluding hydrogens is 250 g/mol. The van der Waals surface area contributed by atoms with E-state index in [9.17, 15) is 0 Å². The van der Waals surface area contributed by atoms with Crippen molar-refractivity contribution in [2.24, 2.45) is 5.92 Å². The van der Waals surface area contributed by atoms with Gasteiger partial charge in [0, 0.05) is 18.9 Å². The zero-order chi connectivity index (χ0) is 14.5. The van der Waals surface area contributed by atoms with Crippen molar-refractivity contribution in [3.8, 4) is 0 Å². The number of pyridine rings is 1. The highest BCUT2D eigenvalue weighted by molar-refractivity contribution is 5.43. The Bertz CT molecular complexity index is 430. The van der Waals surface area contributed by atoms with E-state index in [-0.39, 0.29) is 12.1 Å². The SMILES string of the molecule is CNC(c1cc(C)cnc1N)C(OC)C1CCCCC1. The molecule has 1 aromatic heterocycles. The molecule has 0 radical (unpaired) electrons. The molecule has 1 aliphatic rings. The fraction of sp³-hybridized carbons (Fsp3) is 0.688. The van der Waals surface area contributed by atoms with Crippen LogP contribution >= 0.6 is 0 Å². The molecule has 2 unspecified atom stereocenters. The van der Waals surface area contributed by atoms with Crippen molar-refractivity contribution >= 4 is 5.82 Å². The van der Waals surface area contributed by atoms with Crippen molar-refractivity contribution in [1.82, 2.24) is 10.3 Å². The van der Waals surface area contributed by atoms with Gasteiger partial charge in [-0.25, -0.2) is 4.98 Å². The van der Waals surface area contributed by atoms with Gasteiger partial charge in [-0.1, -0.05) is 19.3 Å². The van der Waals surface area contributed by atoms with E-state index >= 15 is 0 Å². The van der Waals surface area contributed by atoms with Crippen molar-refractivity contribution in [1.29, 1.82) is 0 Å². The number of hydrogen-bond acceptors (Lipinski definition) is 4. The highest BCUT2D eigenvalue weighted by atomic mass is 16.5. The van der Waals surface area contributed by atoms with Crippen LogP contribution in [0.5, 0.6) is 0 Å². The van der Waals surface area contributed by atoms with Crippen LogP contribution in [0.15, 0.2) is 12.3 Å². The zero-order valence-corrected chi connectivity index (χ0v) is 12.9. The summed E-state index contributed by atoms with van der Waals surface area (Å²) in [4.78, 5) is 4.29. The minimum absolute atomic E-state index is 0.107. The highest BCUT2D eigenvalue weighted by Crippen LogP contribution is 2.35. The second kappa shape index (κ2) is 7.04. The molecule has 1 saturated carbocycles. The van der Waals surface area contributed by atoms with Crippen LogP contribution in [-0.2, 0) is 4.74 Å². The van der Waals surface area contributed by atoms with Crippen LogP contribution in [0.1, 0.15) is 49.3 Å². The molecule has 112 valence electrons. The number of aromatic nitrogens is 1. The van der Waals surface area contributed by atoms with E-state index in [1.807, 2.05) is 27.3 Å². The summed E-state index contributed by atoms with van der Waals surface area (Å²) in [5.41, 5.74) is 8.27. The van der Waals surface area contributed by atoms with E-state index in [0.717, 1.165) is 11.1 Å². The van der Waals surface area contributed by atoms with Crippen molar-refractivity contribution in [2.45, 2.75) is 51.2 Å². The third-order valence-corrected chi connectivity index (χ3v) is 4.45. The molecule has 0 amide bonds. The topological polar surface area (TPSA) is 60.2 Å². The van der Waals surface area contributed by atoms with E-state index in [1.54, 1.807) is 0 Å². The van der Waals surface area contributed by atoms with Crippen molar-refractivity contribution in [3.05, 3.63) is 23.4 Å². The normalized spacial score (nSPS) is 19.8. The Morgan fingerprint density at radius 2 is 2.05 bits per heavy atom. The summed E-state index contributed by atoms with van der Waals surface area (Å²) in [6.07, 6.45) is 8.43. The Morgan fingerprint density at radius 3 is 2.65 bits per heavy atom. The molecule has 0 aliphatic heterocycles. The summed E-state index contributed by atoms with van der Waals surface area (Å²) in [5.74, 6) is 1.21. The minimum atomic E-state index is 0.107. The lowest BCUT2D eigenvalue weighted by molar-refractivity contribution is 0.00951. The van der Waals surface area contributed by atoms with Gasteiger partial charge in [0.15, 0.2) is 0 Å². The number of anilines is 1. The van der Waals surface area contributed by atoms with Crippen LogP contribution in [0.4, 0.5) is 5.82 Å². The number of methoxy groups -OCH3 is 1. The van der Waals surface area contributed by atoms with Crippen LogP contribution in [-0.4, -0.2) is 25.2 Å². The van der Waals surface area contributed by atoms with Crippen LogP contribution in [0.3, 0.4) is 0 Å². The van der Waals surface area contributed by atoms with Gasteiger partial charge in [-0.2, -0.15) is 0 Å². The molecule has 0 spiro atoms. The second-order valence-corrected chi connectivity index (χ2v) is 5.85. The molecule has 2 atom stereocenters. The Balaban J connectivity index is 2.26. The molecule has 1 fully saturated rings. The molecule has 3 N–H and O–H groups in total. The second-order valence-electron chi connectivity index (χ2n) is 5.85. The average Bonchev–Trinajstić information content (AvgIpc) is 2.48. The Morgan fingerprint density at radius 1 is 1.35 bits per heavy atom. The maximum Gasteiger partial charge on any atom is 0.128 e. The monoisotopic (exact) mass is 277 g/mol. The summed E-state index contributed by atoms with van der Waals surface area (Å²) in [6, 6.07) is 2.23. The third kappa shape index (κ3) is 3.30. The quantitative estimate of drug-likeness (QED) is 0.869. The average molecular weight is 277 g/mol. The number of rotatable bonds is 5. The molecule has 4 nitrogen and oxygen atoms in total. The van der Waals surface area contributed by atoms with E-state index in [2.05, 4.69) is 16.4 Å². The van der Waals surface area contributed by atoms with Crippen LogP contribution in [0.2, 0.25) is 0 Å². The lowest BCUT2D eigenvalue weighted by Crippen LogP contribution is -2.38. The van der Waals surface area contributed by atoms with Gasteiger partial charge in [0.25, 0.3) is 0 Å². The van der Waals surface area contributed by atoms with Crippen LogP contribution < -0.4 is 11.1 Å². The first-order chi connectivity index (χ1) is 9.67. The number of nitrogen functional groups attached to an aromatic ring is 1. The smallest absolute Gasteiger partial charge is 0.128 e. The van der Waals surface area contributed by atoms with E-state index in [1.165, 1.54) is 32.1 Å². The Labute approximate surface area is 122 Å². The van der Waals surface area contributed by atoms with Gasteiger partial charge in [-0.15, -0.1) is 0 Å². The zero-order valence-electron chi connectivity index (χ0n) is 12.9. The predicted molar refractivity (Wildman–Crippen MR) is 82.6 cm³/mol. The number of aryl methyl sites for hydroxylation is 1. The van der Waals surface area contributed by atoms with Gasteiger partial charge in [-0.3, -0.25) is 0 Å². The Kier molecular flexibility index (Phi) is 5.38. The lowest BCUT2D eigenvalue weighted by Gasteiger charge is -2.35. The van der Waals surface area contributed by atoms with E-state index in [0.29, 0.717) is 11.7 Å². The first kappa shape index (κ1) is 15.3. The molecular formula is C16H27N3O. The van der Waals surface area contributed by atoms with Gasteiger partial charge in [0.05, 0.1) is 12.1 Å². The third-order valence-electron chi connectivity index (χ3n) is 4.45. The van der Waals surface area contributed by atoms with Gasteiger partial charge in [0.2, 0.25) is 0 Å². The molecule has 4 heteroatoms. The standard InChI is InChI=1S/C16H27N3O/c1-11-9-13(16(17)19-10-11)14(18-2)15(20-3)12-7-5-4-6-8-12/h9-10,12,14-15,18H,4-8H2,1-3H3,(H2,17,19). The number of ether oxygens (including phenoxy) is 1. The molecule has 0 saturated heterocycles. The molecule has 0 bridgehead atoms. The van der Waals surface area contributed by atoms with Crippen LogP contribution in [0, 0.1) is 12.8 Å². The summed E-state index contributed by atoms with van der Waals surface area (Å²) >= 11 is 0. The summed E-state index contributed by atoms with van der Waals surface area (Å²) in [6.45, 7) is 2.05. The molecule has 2 rings (SSSR count). The van der Waals surface area contributed by atoms with Gasteiger partial charge in [0.1, 0.15) is 5.82 Å².